The van der Waals surface area contributed by atoms with E-state index < -0.39 is 0 Å². The summed E-state index contributed by atoms with van der Waals surface area (Å²) in [6, 6.07) is 1.95. The minimum atomic E-state index is -0.143. The molecule has 0 aliphatic heterocycles. The summed E-state index contributed by atoms with van der Waals surface area (Å²) in [6.45, 7) is 2.70. The summed E-state index contributed by atoms with van der Waals surface area (Å²) in [4.78, 5) is 13.6. The molecule has 2 rings (SSSR count). The van der Waals surface area contributed by atoms with Gasteiger partial charge in [0.2, 0.25) is 0 Å². The maximum atomic E-state index is 12.0. The Balaban J connectivity index is 1.97. The van der Waals surface area contributed by atoms with E-state index in [-0.39, 0.29) is 5.91 Å². The molecule has 0 saturated heterocycles. The van der Waals surface area contributed by atoms with Crippen molar-refractivity contribution >= 4 is 40.2 Å². The average molecular weight is 325 g/mol. The minimum Gasteiger partial charge on any atom is -0.346 e. The van der Waals surface area contributed by atoms with Crippen molar-refractivity contribution < 1.29 is 4.79 Å². The predicted molar refractivity (Wildman–Crippen MR) is 85.5 cm³/mol. The van der Waals surface area contributed by atoms with Crippen LogP contribution in [0.4, 0.5) is 0 Å². The normalized spacial score (nSPS) is 9.95. The fourth-order valence-corrected chi connectivity index (χ4v) is 3.47. The third kappa shape index (κ3) is 3.62. The first-order valence-electron chi connectivity index (χ1n) is 5.90. The second kappa shape index (κ2) is 6.91. The molecular weight excluding hydrogens is 312 g/mol. The number of nitrogens with two attached hydrogens (primary N) is 1. The Hall–Kier alpha value is -1.32. The third-order valence-electron chi connectivity index (χ3n) is 2.52. The summed E-state index contributed by atoms with van der Waals surface area (Å²) >= 11 is 8.99. The molecule has 0 fully saturated rings. The fraction of sp³-hybridized carbons (Fsp3) is 0.214. The van der Waals surface area contributed by atoms with Gasteiger partial charge in [-0.05, 0) is 23.9 Å². The van der Waals surface area contributed by atoms with Crippen LogP contribution in [-0.4, -0.2) is 12.5 Å². The van der Waals surface area contributed by atoms with Gasteiger partial charge < -0.3 is 11.1 Å². The Labute approximate surface area is 130 Å². The molecule has 0 aliphatic rings. The molecule has 0 aromatic carbocycles. The summed E-state index contributed by atoms with van der Waals surface area (Å²) in [5.74, 6) is 5.62. The molecule has 0 atom stereocenters. The Morgan fingerprint density at radius 2 is 2.25 bits per heavy atom. The molecule has 0 aliphatic carbocycles. The van der Waals surface area contributed by atoms with Crippen molar-refractivity contribution in [3.63, 3.8) is 0 Å². The zero-order chi connectivity index (χ0) is 14.5. The van der Waals surface area contributed by atoms with Crippen LogP contribution in [0.3, 0.4) is 0 Å². The molecular formula is C14H13ClN2OS2. The van der Waals surface area contributed by atoms with Crippen LogP contribution in [0.2, 0.25) is 5.02 Å². The Kier molecular flexibility index (Phi) is 5.21. The van der Waals surface area contributed by atoms with Crippen LogP contribution in [-0.2, 0) is 6.54 Å². The molecule has 1 amide bonds. The van der Waals surface area contributed by atoms with Gasteiger partial charge in [0.1, 0.15) is 4.88 Å². The maximum absolute atomic E-state index is 12.0. The quantitative estimate of drug-likeness (QED) is 0.853. The first-order valence-corrected chi connectivity index (χ1v) is 8.03. The highest BCUT2D eigenvalue weighted by molar-refractivity contribution is 7.13. The lowest BCUT2D eigenvalue weighted by atomic mass is 10.3. The van der Waals surface area contributed by atoms with E-state index in [0.717, 1.165) is 16.0 Å². The molecule has 0 bridgehead atoms. The number of nitrogens with one attached hydrogen (secondary N) is 1. The standard InChI is InChI=1S/C14H13ClN2OS2/c1-9-7-20-13(12(9)15)14(18)17-6-11-5-10(8-19-11)3-2-4-16/h5,7-8H,4,6,16H2,1H3,(H,17,18). The van der Waals surface area contributed by atoms with E-state index in [1.807, 2.05) is 23.8 Å². The number of hydrogen-bond donors (Lipinski definition) is 2. The SMILES string of the molecule is Cc1csc(C(=O)NCc2cc(C#CCN)cs2)c1Cl. The Bertz CT molecular complexity index is 679. The van der Waals surface area contributed by atoms with Gasteiger partial charge >= 0.3 is 0 Å². The smallest absolute Gasteiger partial charge is 0.263 e. The van der Waals surface area contributed by atoms with Crippen LogP contribution in [0.15, 0.2) is 16.8 Å². The highest BCUT2D eigenvalue weighted by Crippen LogP contribution is 2.27. The number of carbonyl (C=O) groups excluding carboxylic acids is 1. The van der Waals surface area contributed by atoms with Gasteiger partial charge in [-0.15, -0.1) is 22.7 Å². The minimum absolute atomic E-state index is 0.143. The second-order valence-electron chi connectivity index (χ2n) is 4.05. The number of amides is 1. The Morgan fingerprint density at radius 1 is 1.45 bits per heavy atom. The number of hydrogen-bond acceptors (Lipinski definition) is 4. The van der Waals surface area contributed by atoms with Gasteiger partial charge in [-0.25, -0.2) is 0 Å². The van der Waals surface area contributed by atoms with Crippen molar-refractivity contribution in [3.8, 4) is 11.8 Å². The summed E-state index contributed by atoms with van der Waals surface area (Å²) in [5.41, 5.74) is 7.18. The lowest BCUT2D eigenvalue weighted by molar-refractivity contribution is 0.0955. The predicted octanol–water partition coefficient (Wildman–Crippen LogP) is 3.01. The van der Waals surface area contributed by atoms with Gasteiger partial charge in [0, 0.05) is 15.8 Å². The van der Waals surface area contributed by atoms with Crippen molar-refractivity contribution in [2.75, 3.05) is 6.54 Å². The molecule has 2 aromatic heterocycles. The molecule has 0 saturated carbocycles. The van der Waals surface area contributed by atoms with E-state index in [1.165, 1.54) is 11.3 Å². The lowest BCUT2D eigenvalue weighted by Crippen LogP contribution is -2.21. The number of aryl methyl sites for hydroxylation is 1. The largest absolute Gasteiger partial charge is 0.346 e. The van der Waals surface area contributed by atoms with E-state index in [4.69, 9.17) is 17.3 Å². The summed E-state index contributed by atoms with van der Waals surface area (Å²) < 4.78 is 0. The van der Waals surface area contributed by atoms with Crippen molar-refractivity contribution in [3.05, 3.63) is 42.7 Å². The van der Waals surface area contributed by atoms with E-state index >= 15 is 0 Å². The maximum Gasteiger partial charge on any atom is 0.263 e. The molecule has 2 heterocycles. The zero-order valence-electron chi connectivity index (χ0n) is 10.8. The van der Waals surface area contributed by atoms with Gasteiger partial charge in [-0.1, -0.05) is 23.4 Å². The molecule has 0 unspecified atom stereocenters. The first-order chi connectivity index (χ1) is 9.61. The van der Waals surface area contributed by atoms with Crippen molar-refractivity contribution in [1.82, 2.24) is 5.32 Å². The Morgan fingerprint density at radius 3 is 2.90 bits per heavy atom. The molecule has 2 aromatic rings. The van der Waals surface area contributed by atoms with Crippen LogP contribution < -0.4 is 11.1 Å². The monoisotopic (exact) mass is 324 g/mol. The van der Waals surface area contributed by atoms with Gasteiger partial charge in [-0.3, -0.25) is 4.79 Å². The van der Waals surface area contributed by atoms with Crippen LogP contribution in [0, 0.1) is 18.8 Å². The molecule has 3 nitrogen and oxygen atoms in total. The molecule has 0 radical (unpaired) electrons. The molecule has 3 N–H and O–H groups in total. The van der Waals surface area contributed by atoms with Gasteiger partial charge in [0.05, 0.1) is 18.1 Å². The summed E-state index contributed by atoms with van der Waals surface area (Å²) in [7, 11) is 0. The summed E-state index contributed by atoms with van der Waals surface area (Å²) in [6.07, 6.45) is 0. The lowest BCUT2D eigenvalue weighted by Gasteiger charge is -2.01. The van der Waals surface area contributed by atoms with Gasteiger partial charge in [-0.2, -0.15) is 0 Å². The molecule has 6 heteroatoms. The summed E-state index contributed by atoms with van der Waals surface area (Å²) in [5, 5.41) is 7.23. The van der Waals surface area contributed by atoms with E-state index in [9.17, 15) is 4.79 Å². The number of halogens is 1. The van der Waals surface area contributed by atoms with E-state index in [2.05, 4.69) is 17.2 Å². The van der Waals surface area contributed by atoms with Gasteiger partial charge in [0.25, 0.3) is 5.91 Å². The first kappa shape index (κ1) is 15.1. The molecule has 0 spiro atoms. The van der Waals surface area contributed by atoms with Crippen LogP contribution in [0.1, 0.15) is 25.7 Å². The fourth-order valence-electron chi connectivity index (χ4n) is 1.52. The highest BCUT2D eigenvalue weighted by atomic mass is 35.5. The van der Waals surface area contributed by atoms with Crippen LogP contribution >= 0.6 is 34.3 Å². The topological polar surface area (TPSA) is 55.1 Å². The van der Waals surface area contributed by atoms with E-state index in [0.29, 0.717) is 23.0 Å². The molecule has 20 heavy (non-hydrogen) atoms. The number of rotatable bonds is 3. The van der Waals surface area contributed by atoms with Crippen molar-refractivity contribution in [1.29, 1.82) is 0 Å². The average Bonchev–Trinajstić information content (AvgIpc) is 3.02. The number of carbonyl (C=O) groups is 1. The highest BCUT2D eigenvalue weighted by Gasteiger charge is 2.14. The van der Waals surface area contributed by atoms with Crippen LogP contribution in [0.5, 0.6) is 0 Å². The third-order valence-corrected chi connectivity index (χ3v) is 5.15. The zero-order valence-corrected chi connectivity index (χ0v) is 13.2. The molecule has 104 valence electrons. The van der Waals surface area contributed by atoms with Crippen LogP contribution in [0.25, 0.3) is 0 Å². The van der Waals surface area contributed by atoms with Crippen molar-refractivity contribution in [2.45, 2.75) is 13.5 Å². The number of thiophene rings is 2. The second-order valence-corrected chi connectivity index (χ2v) is 6.31. The van der Waals surface area contributed by atoms with Gasteiger partial charge in [0.15, 0.2) is 0 Å². The van der Waals surface area contributed by atoms with Crippen molar-refractivity contribution in [2.24, 2.45) is 5.73 Å². The van der Waals surface area contributed by atoms with E-state index in [1.54, 1.807) is 11.3 Å².